The molecule has 1 amide bonds. The molecule has 0 aliphatic heterocycles. The number of aromatic hydroxyl groups is 2. The molecule has 1 fully saturated rings. The number of likely N-dealkylation sites (N-methyl/N-ethyl adjacent to an activating group) is 1. The van der Waals surface area contributed by atoms with Crippen LogP contribution >= 0.6 is 0 Å². The van der Waals surface area contributed by atoms with E-state index in [-0.39, 0.29) is 22.9 Å². The first kappa shape index (κ1) is 13.7. The van der Waals surface area contributed by atoms with E-state index in [1.165, 1.54) is 24.6 Å². The summed E-state index contributed by atoms with van der Waals surface area (Å²) in [5, 5.41) is 21.5. The van der Waals surface area contributed by atoms with Gasteiger partial charge in [-0.2, -0.15) is 0 Å². The van der Waals surface area contributed by atoms with Crippen molar-refractivity contribution in [3.05, 3.63) is 23.8 Å². The molecule has 1 aromatic rings. The van der Waals surface area contributed by atoms with E-state index in [1.807, 2.05) is 14.1 Å². The summed E-state index contributed by atoms with van der Waals surface area (Å²) in [4.78, 5) is 14.2. The first-order chi connectivity index (χ1) is 8.94. The highest BCUT2D eigenvalue weighted by atomic mass is 16.3. The van der Waals surface area contributed by atoms with Crippen molar-refractivity contribution in [1.82, 2.24) is 10.2 Å². The first-order valence-electron chi connectivity index (χ1n) is 6.42. The van der Waals surface area contributed by atoms with Gasteiger partial charge in [0.05, 0.1) is 0 Å². The molecule has 1 aliphatic carbocycles. The zero-order valence-electron chi connectivity index (χ0n) is 11.3. The first-order valence-corrected chi connectivity index (χ1v) is 6.42. The van der Waals surface area contributed by atoms with Gasteiger partial charge in [-0.1, -0.05) is 0 Å². The minimum atomic E-state index is -0.279. The Kier molecular flexibility index (Phi) is 3.66. The monoisotopic (exact) mass is 264 g/mol. The second-order valence-electron chi connectivity index (χ2n) is 5.36. The van der Waals surface area contributed by atoms with E-state index in [1.54, 1.807) is 0 Å². The number of hydrogen-bond acceptors (Lipinski definition) is 4. The molecule has 1 aromatic carbocycles. The van der Waals surface area contributed by atoms with Crippen LogP contribution in [0.15, 0.2) is 18.2 Å². The Morgan fingerprint density at radius 3 is 2.47 bits per heavy atom. The van der Waals surface area contributed by atoms with E-state index in [0.717, 1.165) is 12.8 Å². The number of nitrogens with zero attached hydrogens (tertiary/aromatic N) is 1. The number of carbonyl (C=O) groups is 1. The summed E-state index contributed by atoms with van der Waals surface area (Å²) in [5.41, 5.74) is 0.415. The van der Waals surface area contributed by atoms with E-state index in [0.29, 0.717) is 12.1 Å². The van der Waals surface area contributed by atoms with Crippen LogP contribution in [0.4, 0.5) is 0 Å². The van der Waals surface area contributed by atoms with Crippen molar-refractivity contribution < 1.29 is 15.0 Å². The molecule has 5 nitrogen and oxygen atoms in total. The van der Waals surface area contributed by atoms with Gasteiger partial charge in [-0.3, -0.25) is 4.79 Å². The van der Waals surface area contributed by atoms with Crippen LogP contribution < -0.4 is 5.32 Å². The highest BCUT2D eigenvalue weighted by Gasteiger charge is 2.39. The van der Waals surface area contributed by atoms with Crippen molar-refractivity contribution in [2.45, 2.75) is 24.8 Å². The zero-order chi connectivity index (χ0) is 14.0. The molecule has 0 atom stereocenters. The maximum absolute atomic E-state index is 12.0. The summed E-state index contributed by atoms with van der Waals surface area (Å²) in [6, 6.07) is 4.08. The Bertz CT molecular complexity index is 482. The summed E-state index contributed by atoms with van der Waals surface area (Å²) in [6.45, 7) is 0.598. The maximum atomic E-state index is 12.0. The molecule has 1 saturated carbocycles. The zero-order valence-corrected chi connectivity index (χ0v) is 11.3. The van der Waals surface area contributed by atoms with E-state index in [9.17, 15) is 15.0 Å². The van der Waals surface area contributed by atoms with Gasteiger partial charge in [0.2, 0.25) is 0 Å². The fourth-order valence-corrected chi connectivity index (χ4v) is 2.38. The number of hydrogen-bond donors (Lipinski definition) is 3. The third-order valence-electron chi connectivity index (χ3n) is 4.05. The van der Waals surface area contributed by atoms with Crippen molar-refractivity contribution in [3.63, 3.8) is 0 Å². The second-order valence-corrected chi connectivity index (χ2v) is 5.36. The molecule has 1 aliphatic rings. The number of amides is 1. The highest BCUT2D eigenvalue weighted by molar-refractivity contribution is 5.94. The lowest BCUT2D eigenvalue weighted by Crippen LogP contribution is -2.57. The van der Waals surface area contributed by atoms with Crippen molar-refractivity contribution in [2.24, 2.45) is 0 Å². The molecule has 104 valence electrons. The third kappa shape index (κ3) is 2.66. The van der Waals surface area contributed by atoms with Gasteiger partial charge in [0, 0.05) is 17.6 Å². The quantitative estimate of drug-likeness (QED) is 0.717. The largest absolute Gasteiger partial charge is 0.504 e. The van der Waals surface area contributed by atoms with E-state index >= 15 is 0 Å². The SMILES string of the molecule is CN(C)C1(CNC(=O)c2ccc(O)c(O)c2)CCC1. The van der Waals surface area contributed by atoms with Gasteiger partial charge in [-0.25, -0.2) is 0 Å². The Morgan fingerprint density at radius 1 is 1.32 bits per heavy atom. The van der Waals surface area contributed by atoms with Gasteiger partial charge in [0.15, 0.2) is 11.5 Å². The minimum absolute atomic E-state index is 0.0641. The number of phenols is 2. The Hall–Kier alpha value is -1.75. The molecule has 0 saturated heterocycles. The molecule has 0 heterocycles. The summed E-state index contributed by atoms with van der Waals surface area (Å²) in [7, 11) is 4.05. The Labute approximate surface area is 112 Å². The fraction of sp³-hybridized carbons (Fsp3) is 0.500. The lowest BCUT2D eigenvalue weighted by Gasteiger charge is -2.47. The highest BCUT2D eigenvalue weighted by Crippen LogP contribution is 2.35. The average molecular weight is 264 g/mol. The van der Waals surface area contributed by atoms with E-state index < -0.39 is 0 Å². The summed E-state index contributed by atoms with van der Waals surface area (Å²) < 4.78 is 0. The van der Waals surface area contributed by atoms with Crippen molar-refractivity contribution in [1.29, 1.82) is 0 Å². The number of carbonyl (C=O) groups excluding carboxylic acids is 1. The van der Waals surface area contributed by atoms with Crippen LogP contribution in [0.25, 0.3) is 0 Å². The normalized spacial score (nSPS) is 17.0. The number of benzene rings is 1. The molecular formula is C14H20N2O3. The second kappa shape index (κ2) is 5.09. The Balaban J connectivity index is 1.99. The van der Waals surface area contributed by atoms with Gasteiger partial charge >= 0.3 is 0 Å². The topological polar surface area (TPSA) is 72.8 Å². The summed E-state index contributed by atoms with van der Waals surface area (Å²) in [5.74, 6) is -0.734. The summed E-state index contributed by atoms with van der Waals surface area (Å²) >= 11 is 0. The number of rotatable bonds is 4. The van der Waals surface area contributed by atoms with Crippen molar-refractivity contribution >= 4 is 5.91 Å². The predicted octanol–water partition coefficient (Wildman–Crippen LogP) is 1.31. The smallest absolute Gasteiger partial charge is 0.251 e. The van der Waals surface area contributed by atoms with Crippen LogP contribution in [0.2, 0.25) is 0 Å². The molecule has 0 radical (unpaired) electrons. The number of phenolic OH excluding ortho intramolecular Hbond substituents is 2. The molecule has 2 rings (SSSR count). The lowest BCUT2D eigenvalue weighted by molar-refractivity contribution is 0.0557. The third-order valence-corrected chi connectivity index (χ3v) is 4.05. The van der Waals surface area contributed by atoms with Crippen LogP contribution in [0, 0.1) is 0 Å². The molecule has 0 aromatic heterocycles. The van der Waals surface area contributed by atoms with Crippen molar-refractivity contribution in [2.75, 3.05) is 20.6 Å². The summed E-state index contributed by atoms with van der Waals surface area (Å²) in [6.07, 6.45) is 3.36. The van der Waals surface area contributed by atoms with Crippen molar-refractivity contribution in [3.8, 4) is 11.5 Å². The number of nitrogens with one attached hydrogen (secondary N) is 1. The van der Waals surface area contributed by atoms with Crippen LogP contribution in [-0.2, 0) is 0 Å². The van der Waals surface area contributed by atoms with E-state index in [2.05, 4.69) is 10.2 Å². The maximum Gasteiger partial charge on any atom is 0.251 e. The van der Waals surface area contributed by atoms with Gasteiger partial charge in [0.1, 0.15) is 0 Å². The Morgan fingerprint density at radius 2 is 2.00 bits per heavy atom. The van der Waals surface area contributed by atoms with Gasteiger partial charge in [0.25, 0.3) is 5.91 Å². The molecule has 5 heteroatoms. The predicted molar refractivity (Wildman–Crippen MR) is 72.4 cm³/mol. The van der Waals surface area contributed by atoms with E-state index in [4.69, 9.17) is 0 Å². The molecule has 0 bridgehead atoms. The van der Waals surface area contributed by atoms with Gasteiger partial charge < -0.3 is 20.4 Å². The average Bonchev–Trinajstić information content (AvgIpc) is 2.30. The molecule has 3 N–H and O–H groups in total. The lowest BCUT2D eigenvalue weighted by atomic mass is 9.75. The minimum Gasteiger partial charge on any atom is -0.504 e. The van der Waals surface area contributed by atoms with Crippen LogP contribution in [-0.4, -0.2) is 47.2 Å². The fourth-order valence-electron chi connectivity index (χ4n) is 2.38. The van der Waals surface area contributed by atoms with Gasteiger partial charge in [-0.15, -0.1) is 0 Å². The molecular weight excluding hydrogens is 244 g/mol. The van der Waals surface area contributed by atoms with Crippen LogP contribution in [0.3, 0.4) is 0 Å². The standard InChI is InChI=1S/C14H20N2O3/c1-16(2)14(6-3-7-14)9-15-13(19)10-4-5-11(17)12(18)8-10/h4-5,8,17-18H,3,6-7,9H2,1-2H3,(H,15,19). The van der Waals surface area contributed by atoms with Crippen LogP contribution in [0.1, 0.15) is 29.6 Å². The van der Waals surface area contributed by atoms with Gasteiger partial charge in [-0.05, 0) is 51.6 Å². The molecule has 0 unspecified atom stereocenters. The van der Waals surface area contributed by atoms with Crippen LogP contribution in [0.5, 0.6) is 11.5 Å². The molecule has 19 heavy (non-hydrogen) atoms. The molecule has 0 spiro atoms.